The summed E-state index contributed by atoms with van der Waals surface area (Å²) in [7, 11) is 0. The van der Waals surface area contributed by atoms with E-state index in [1.807, 2.05) is 18.2 Å². The number of pyridine rings is 1. The van der Waals surface area contributed by atoms with Gasteiger partial charge in [0, 0.05) is 50.2 Å². The lowest BCUT2D eigenvalue weighted by atomic mass is 9.83. The first kappa shape index (κ1) is 21.8. The van der Waals surface area contributed by atoms with E-state index < -0.39 is 10.8 Å². The van der Waals surface area contributed by atoms with Crippen LogP contribution >= 0.6 is 0 Å². The Labute approximate surface area is 196 Å². The molecule has 1 N–H and O–H groups in total. The third kappa shape index (κ3) is 4.28. The van der Waals surface area contributed by atoms with E-state index in [9.17, 15) is 19.3 Å². The highest BCUT2D eigenvalue weighted by atomic mass is 19.1. The number of nitro benzene ring substituents is 1. The molecule has 2 aliphatic heterocycles. The lowest BCUT2D eigenvalue weighted by Gasteiger charge is -2.49. The van der Waals surface area contributed by atoms with E-state index in [4.69, 9.17) is 0 Å². The van der Waals surface area contributed by atoms with E-state index in [0.29, 0.717) is 19.5 Å². The number of nitrogens with zero attached hydrogens (tertiary/aromatic N) is 4. The molecule has 2 atom stereocenters. The van der Waals surface area contributed by atoms with Crippen LogP contribution in [0.2, 0.25) is 0 Å². The molecule has 2 aliphatic rings. The van der Waals surface area contributed by atoms with Gasteiger partial charge in [0.15, 0.2) is 0 Å². The van der Waals surface area contributed by atoms with Gasteiger partial charge in [-0.25, -0.2) is 9.37 Å². The molecule has 0 aliphatic carbocycles. The first-order chi connectivity index (χ1) is 16.5. The van der Waals surface area contributed by atoms with Crippen LogP contribution in [0.5, 0.6) is 0 Å². The van der Waals surface area contributed by atoms with Gasteiger partial charge < -0.3 is 15.1 Å². The molecule has 0 spiro atoms. The second kappa shape index (κ2) is 9.09. The molecule has 0 radical (unpaired) electrons. The maximum atomic E-state index is 13.4. The van der Waals surface area contributed by atoms with Crippen LogP contribution in [0.3, 0.4) is 0 Å². The fraction of sp³-hybridized carbons (Fsp3) is 0.280. The summed E-state index contributed by atoms with van der Waals surface area (Å²) in [5, 5.41) is 14.3. The number of piperazine rings is 1. The van der Waals surface area contributed by atoms with Gasteiger partial charge in [0.2, 0.25) is 5.91 Å². The van der Waals surface area contributed by atoms with Crippen LogP contribution in [-0.4, -0.2) is 41.5 Å². The Kier molecular flexibility index (Phi) is 5.83. The smallest absolute Gasteiger partial charge is 0.269 e. The van der Waals surface area contributed by atoms with Crippen molar-refractivity contribution < 1.29 is 14.1 Å². The Hall–Kier alpha value is -4.01. The van der Waals surface area contributed by atoms with Crippen molar-refractivity contribution in [2.24, 2.45) is 5.92 Å². The summed E-state index contributed by atoms with van der Waals surface area (Å²) >= 11 is 0. The van der Waals surface area contributed by atoms with E-state index >= 15 is 0 Å². The Morgan fingerprint density at radius 1 is 1.15 bits per heavy atom. The van der Waals surface area contributed by atoms with E-state index in [2.05, 4.69) is 20.1 Å². The zero-order valence-electron chi connectivity index (χ0n) is 18.4. The number of amides is 1. The number of carbonyl (C=O) groups excluding carboxylic acids is 1. The largest absolute Gasteiger partial charge is 0.364 e. The highest BCUT2D eigenvalue weighted by molar-refractivity contribution is 5.82. The van der Waals surface area contributed by atoms with Crippen molar-refractivity contribution in [1.29, 1.82) is 0 Å². The molecule has 9 heteroatoms. The van der Waals surface area contributed by atoms with Crippen LogP contribution in [0.1, 0.15) is 11.1 Å². The summed E-state index contributed by atoms with van der Waals surface area (Å²) in [6.45, 7) is 2.30. The molecule has 2 aromatic carbocycles. The van der Waals surface area contributed by atoms with Crippen molar-refractivity contribution in [3.63, 3.8) is 0 Å². The Morgan fingerprint density at radius 3 is 2.71 bits per heavy atom. The highest BCUT2D eigenvalue weighted by Gasteiger charge is 2.42. The van der Waals surface area contributed by atoms with E-state index in [1.54, 1.807) is 30.5 Å². The van der Waals surface area contributed by atoms with Gasteiger partial charge in [-0.15, -0.1) is 0 Å². The van der Waals surface area contributed by atoms with Crippen molar-refractivity contribution in [1.82, 2.24) is 10.3 Å². The molecule has 1 amide bonds. The minimum absolute atomic E-state index is 0.0230. The number of nitro groups is 1. The zero-order valence-corrected chi connectivity index (χ0v) is 18.4. The van der Waals surface area contributed by atoms with Crippen LogP contribution < -0.4 is 15.1 Å². The van der Waals surface area contributed by atoms with Gasteiger partial charge in [-0.2, -0.15) is 0 Å². The van der Waals surface area contributed by atoms with E-state index in [0.717, 1.165) is 29.2 Å². The summed E-state index contributed by atoms with van der Waals surface area (Å²) in [6.07, 6.45) is 2.16. The third-order valence-electron chi connectivity index (χ3n) is 6.60. The quantitative estimate of drug-likeness (QED) is 0.463. The average molecular weight is 461 g/mol. The van der Waals surface area contributed by atoms with Crippen LogP contribution in [-0.2, 0) is 17.8 Å². The van der Waals surface area contributed by atoms with Crippen molar-refractivity contribution >= 4 is 23.1 Å². The Morgan fingerprint density at radius 2 is 1.97 bits per heavy atom. The second-order valence-corrected chi connectivity index (χ2v) is 8.62. The van der Waals surface area contributed by atoms with Crippen molar-refractivity contribution in [3.05, 3.63) is 93.9 Å². The van der Waals surface area contributed by atoms with Gasteiger partial charge in [-0.3, -0.25) is 14.9 Å². The number of carbonyl (C=O) groups is 1. The van der Waals surface area contributed by atoms with Gasteiger partial charge >= 0.3 is 0 Å². The van der Waals surface area contributed by atoms with Crippen molar-refractivity contribution in [3.8, 4) is 0 Å². The molecule has 3 heterocycles. The summed E-state index contributed by atoms with van der Waals surface area (Å²) in [4.78, 5) is 33.2. The van der Waals surface area contributed by atoms with Gasteiger partial charge in [-0.05, 0) is 47.9 Å². The number of hydrogen-bond acceptors (Lipinski definition) is 6. The van der Waals surface area contributed by atoms with Crippen LogP contribution in [0.15, 0.2) is 66.9 Å². The topological polar surface area (TPSA) is 91.6 Å². The van der Waals surface area contributed by atoms with Gasteiger partial charge in [0.1, 0.15) is 11.6 Å². The number of anilines is 2. The molecule has 1 aromatic heterocycles. The zero-order chi connectivity index (χ0) is 23.7. The summed E-state index contributed by atoms with van der Waals surface area (Å²) < 4.78 is 13.2. The summed E-state index contributed by atoms with van der Waals surface area (Å²) in [6, 6.07) is 16.6. The number of rotatable bonds is 5. The molecule has 0 saturated carbocycles. The number of fused-ring (bicyclic) bond motifs is 3. The number of benzene rings is 2. The first-order valence-electron chi connectivity index (χ1n) is 11.2. The molecule has 1 fully saturated rings. The predicted octanol–water partition coefficient (Wildman–Crippen LogP) is 3.31. The average Bonchev–Trinajstić information content (AvgIpc) is 2.87. The van der Waals surface area contributed by atoms with E-state index in [1.165, 1.54) is 18.2 Å². The SMILES string of the molecule is O=C(NCc1ccc(F)cc1)[C@@H]1Cc2cc([N+](=O)[O-])ccc2N2CCN(c3ccccn3)C[C@H]12. The number of non-ortho nitro benzene ring substituents is 1. The molecule has 3 aromatic rings. The molecular weight excluding hydrogens is 437 g/mol. The summed E-state index contributed by atoms with van der Waals surface area (Å²) in [5.41, 5.74) is 2.57. The molecule has 174 valence electrons. The number of nitrogens with one attached hydrogen (secondary N) is 1. The third-order valence-corrected chi connectivity index (χ3v) is 6.60. The lowest BCUT2D eigenvalue weighted by Crippen LogP contribution is -2.61. The van der Waals surface area contributed by atoms with Crippen molar-refractivity contribution in [2.45, 2.75) is 19.0 Å². The fourth-order valence-corrected chi connectivity index (χ4v) is 4.89. The molecule has 34 heavy (non-hydrogen) atoms. The maximum absolute atomic E-state index is 13.4. The van der Waals surface area contributed by atoms with Crippen LogP contribution in [0, 0.1) is 21.8 Å². The highest BCUT2D eigenvalue weighted by Crippen LogP contribution is 2.38. The number of hydrogen-bond donors (Lipinski definition) is 1. The standard InChI is InChI=1S/C25H24FN5O3/c26-19-6-4-17(5-7-19)15-28-25(32)21-14-18-13-20(31(33)34)8-9-22(18)30-12-11-29(16-23(21)30)24-3-1-2-10-27-24/h1-10,13,21,23H,11-12,14-16H2,(H,28,32)/t21-,23-/m1/s1. The van der Waals surface area contributed by atoms with E-state index in [-0.39, 0.29) is 30.0 Å². The van der Waals surface area contributed by atoms with Gasteiger partial charge in [-0.1, -0.05) is 18.2 Å². The molecular formula is C25H24FN5O3. The lowest BCUT2D eigenvalue weighted by molar-refractivity contribution is -0.384. The second-order valence-electron chi connectivity index (χ2n) is 8.62. The number of halogens is 1. The minimum Gasteiger partial charge on any atom is -0.364 e. The van der Waals surface area contributed by atoms with Crippen LogP contribution in [0.4, 0.5) is 21.6 Å². The normalized spacial score (nSPS) is 19.2. The molecule has 0 unspecified atom stereocenters. The Bertz CT molecular complexity index is 1200. The molecule has 5 rings (SSSR count). The minimum atomic E-state index is -0.408. The van der Waals surface area contributed by atoms with Gasteiger partial charge in [0.05, 0.1) is 16.9 Å². The molecule has 8 nitrogen and oxygen atoms in total. The summed E-state index contributed by atoms with van der Waals surface area (Å²) in [5.74, 6) is 0.0101. The predicted molar refractivity (Wildman–Crippen MR) is 126 cm³/mol. The molecule has 0 bridgehead atoms. The molecule has 1 saturated heterocycles. The Balaban J connectivity index is 1.42. The van der Waals surface area contributed by atoms with Crippen LogP contribution in [0.25, 0.3) is 0 Å². The number of aromatic nitrogens is 1. The van der Waals surface area contributed by atoms with Gasteiger partial charge in [0.25, 0.3) is 5.69 Å². The first-order valence-corrected chi connectivity index (χ1v) is 11.2. The maximum Gasteiger partial charge on any atom is 0.269 e. The van der Waals surface area contributed by atoms with Crippen molar-refractivity contribution in [2.75, 3.05) is 29.4 Å². The monoisotopic (exact) mass is 461 g/mol. The fourth-order valence-electron chi connectivity index (χ4n) is 4.89.